The summed E-state index contributed by atoms with van der Waals surface area (Å²) in [4.78, 5) is 4.41. The van der Waals surface area contributed by atoms with Gasteiger partial charge in [0.05, 0.1) is 11.6 Å². The quantitative estimate of drug-likeness (QED) is 0.698. The van der Waals surface area contributed by atoms with Crippen LogP contribution in [0.15, 0.2) is 5.38 Å². The Morgan fingerprint density at radius 3 is 2.86 bits per heavy atom. The van der Waals surface area contributed by atoms with Gasteiger partial charge < -0.3 is 4.74 Å². The Labute approximate surface area is 94.3 Å². The number of hydrogen-bond donors (Lipinski definition) is 0. The van der Waals surface area contributed by atoms with Gasteiger partial charge in [0.15, 0.2) is 0 Å². The first kappa shape index (κ1) is 12.0. The third kappa shape index (κ3) is 3.23. The molecule has 0 fully saturated rings. The van der Waals surface area contributed by atoms with Gasteiger partial charge in [-0.3, -0.25) is 0 Å². The van der Waals surface area contributed by atoms with Gasteiger partial charge in [-0.15, -0.1) is 22.9 Å². The van der Waals surface area contributed by atoms with Gasteiger partial charge in [-0.1, -0.05) is 13.8 Å². The summed E-state index contributed by atoms with van der Waals surface area (Å²) in [5.41, 5.74) is 0.949. The SMILES string of the molecule is CCCOC(CC)c1nc(CCl)cs1. The molecule has 1 aromatic rings. The second-order valence-corrected chi connectivity index (χ2v) is 4.24. The van der Waals surface area contributed by atoms with Gasteiger partial charge in [0, 0.05) is 12.0 Å². The maximum absolute atomic E-state index is 5.70. The number of ether oxygens (including phenoxy) is 1. The average molecular weight is 234 g/mol. The molecule has 1 unspecified atom stereocenters. The molecule has 80 valence electrons. The minimum atomic E-state index is 0.150. The van der Waals surface area contributed by atoms with Gasteiger partial charge >= 0.3 is 0 Å². The number of hydrogen-bond acceptors (Lipinski definition) is 3. The Bertz CT molecular complexity index is 264. The Hall–Kier alpha value is -0.120. The van der Waals surface area contributed by atoms with Crippen LogP contribution in [0.1, 0.15) is 43.5 Å². The summed E-state index contributed by atoms with van der Waals surface area (Å²) in [6.07, 6.45) is 2.16. The van der Waals surface area contributed by atoms with Gasteiger partial charge in [0.1, 0.15) is 11.1 Å². The molecule has 0 saturated heterocycles. The lowest BCUT2D eigenvalue weighted by molar-refractivity contribution is 0.0502. The Morgan fingerprint density at radius 2 is 2.36 bits per heavy atom. The van der Waals surface area contributed by atoms with Gasteiger partial charge in [0.25, 0.3) is 0 Å². The van der Waals surface area contributed by atoms with Crippen LogP contribution in [0.4, 0.5) is 0 Å². The molecule has 0 aliphatic heterocycles. The fourth-order valence-corrected chi connectivity index (χ4v) is 2.33. The molecule has 0 radical (unpaired) electrons. The smallest absolute Gasteiger partial charge is 0.122 e. The number of nitrogens with zero attached hydrogens (tertiary/aromatic N) is 1. The van der Waals surface area contributed by atoms with Crippen molar-refractivity contribution < 1.29 is 4.74 Å². The van der Waals surface area contributed by atoms with E-state index in [-0.39, 0.29) is 6.10 Å². The molecule has 14 heavy (non-hydrogen) atoms. The summed E-state index contributed by atoms with van der Waals surface area (Å²) < 4.78 is 5.69. The van der Waals surface area contributed by atoms with Crippen molar-refractivity contribution >= 4 is 22.9 Å². The van der Waals surface area contributed by atoms with Crippen LogP contribution in [0, 0.1) is 0 Å². The molecule has 4 heteroatoms. The molecular weight excluding hydrogens is 218 g/mol. The van der Waals surface area contributed by atoms with Crippen LogP contribution in [0.3, 0.4) is 0 Å². The van der Waals surface area contributed by atoms with E-state index in [4.69, 9.17) is 16.3 Å². The average Bonchev–Trinajstić information content (AvgIpc) is 2.68. The minimum absolute atomic E-state index is 0.150. The molecule has 0 aliphatic rings. The van der Waals surface area contributed by atoms with Crippen LogP contribution in [0.2, 0.25) is 0 Å². The highest BCUT2D eigenvalue weighted by atomic mass is 35.5. The fourth-order valence-electron chi connectivity index (χ4n) is 1.16. The van der Waals surface area contributed by atoms with Gasteiger partial charge in [-0.05, 0) is 12.8 Å². The summed E-state index contributed by atoms with van der Waals surface area (Å²) in [5, 5.41) is 3.05. The monoisotopic (exact) mass is 233 g/mol. The lowest BCUT2D eigenvalue weighted by Gasteiger charge is -2.12. The van der Waals surface area contributed by atoms with E-state index < -0.39 is 0 Å². The van der Waals surface area contributed by atoms with E-state index in [9.17, 15) is 0 Å². The van der Waals surface area contributed by atoms with Crippen molar-refractivity contribution in [3.8, 4) is 0 Å². The van der Waals surface area contributed by atoms with E-state index in [1.165, 1.54) is 0 Å². The Balaban J connectivity index is 2.58. The summed E-state index contributed by atoms with van der Waals surface area (Å²) in [6, 6.07) is 0. The highest BCUT2D eigenvalue weighted by Gasteiger charge is 2.13. The molecule has 1 atom stereocenters. The van der Waals surface area contributed by atoms with Gasteiger partial charge in [-0.25, -0.2) is 4.98 Å². The molecular formula is C10H16ClNOS. The second kappa shape index (κ2) is 6.38. The zero-order valence-electron chi connectivity index (χ0n) is 8.62. The van der Waals surface area contributed by atoms with Crippen molar-refractivity contribution in [2.24, 2.45) is 0 Å². The molecule has 2 nitrogen and oxygen atoms in total. The summed E-state index contributed by atoms with van der Waals surface area (Å²) >= 11 is 7.33. The van der Waals surface area contributed by atoms with E-state index in [0.29, 0.717) is 5.88 Å². The maximum Gasteiger partial charge on any atom is 0.122 e. The molecule has 0 bridgehead atoms. The molecule has 0 N–H and O–H groups in total. The van der Waals surface area contributed by atoms with Crippen molar-refractivity contribution in [1.82, 2.24) is 4.98 Å². The third-order valence-electron chi connectivity index (χ3n) is 1.88. The third-order valence-corrected chi connectivity index (χ3v) is 3.14. The van der Waals surface area contributed by atoms with E-state index in [1.54, 1.807) is 11.3 Å². The molecule has 0 aliphatic carbocycles. The van der Waals surface area contributed by atoms with Crippen molar-refractivity contribution in [3.05, 3.63) is 16.1 Å². The number of halogens is 1. The van der Waals surface area contributed by atoms with E-state index >= 15 is 0 Å². The Kier molecular flexibility index (Phi) is 5.45. The Morgan fingerprint density at radius 1 is 1.57 bits per heavy atom. The zero-order valence-corrected chi connectivity index (χ0v) is 10.2. The number of aromatic nitrogens is 1. The van der Waals surface area contributed by atoms with E-state index in [1.807, 2.05) is 5.38 Å². The summed E-state index contributed by atoms with van der Waals surface area (Å²) in [7, 11) is 0. The lowest BCUT2D eigenvalue weighted by atomic mass is 10.3. The standard InChI is InChI=1S/C10H16ClNOS/c1-3-5-13-9(4-2)10-12-8(6-11)7-14-10/h7,9H,3-6H2,1-2H3. The second-order valence-electron chi connectivity index (χ2n) is 3.08. The zero-order chi connectivity index (χ0) is 10.4. The first-order chi connectivity index (χ1) is 6.81. The number of alkyl halides is 1. The number of thiazole rings is 1. The van der Waals surface area contributed by atoms with Crippen LogP contribution in [-0.2, 0) is 10.6 Å². The highest BCUT2D eigenvalue weighted by Crippen LogP contribution is 2.25. The topological polar surface area (TPSA) is 22.1 Å². The lowest BCUT2D eigenvalue weighted by Crippen LogP contribution is -2.03. The molecule has 1 aromatic heterocycles. The van der Waals surface area contributed by atoms with Crippen LogP contribution >= 0.6 is 22.9 Å². The summed E-state index contributed by atoms with van der Waals surface area (Å²) in [6.45, 7) is 5.02. The van der Waals surface area contributed by atoms with E-state index in [0.717, 1.165) is 30.2 Å². The summed E-state index contributed by atoms with van der Waals surface area (Å²) in [5.74, 6) is 0.487. The van der Waals surface area contributed by atoms with Crippen LogP contribution in [0.5, 0.6) is 0 Å². The fraction of sp³-hybridized carbons (Fsp3) is 0.700. The van der Waals surface area contributed by atoms with Crippen LogP contribution < -0.4 is 0 Å². The molecule has 0 saturated carbocycles. The van der Waals surface area contributed by atoms with E-state index in [2.05, 4.69) is 18.8 Å². The number of rotatable bonds is 6. The highest BCUT2D eigenvalue weighted by molar-refractivity contribution is 7.09. The predicted molar refractivity (Wildman–Crippen MR) is 60.9 cm³/mol. The normalized spacial score (nSPS) is 13.1. The molecule has 1 heterocycles. The maximum atomic E-state index is 5.70. The molecule has 0 aromatic carbocycles. The first-order valence-corrected chi connectivity index (χ1v) is 6.35. The molecule has 0 amide bonds. The first-order valence-electron chi connectivity index (χ1n) is 4.93. The van der Waals surface area contributed by atoms with Crippen molar-refractivity contribution in [2.45, 2.75) is 38.7 Å². The van der Waals surface area contributed by atoms with Crippen molar-refractivity contribution in [3.63, 3.8) is 0 Å². The molecule has 0 spiro atoms. The van der Waals surface area contributed by atoms with Gasteiger partial charge in [0.2, 0.25) is 0 Å². The molecule has 1 rings (SSSR count). The predicted octanol–water partition coefficient (Wildman–Crippen LogP) is 3.76. The van der Waals surface area contributed by atoms with Gasteiger partial charge in [-0.2, -0.15) is 0 Å². The van der Waals surface area contributed by atoms with Crippen LogP contribution in [0.25, 0.3) is 0 Å². The van der Waals surface area contributed by atoms with Crippen molar-refractivity contribution in [1.29, 1.82) is 0 Å². The minimum Gasteiger partial charge on any atom is -0.371 e. The van der Waals surface area contributed by atoms with Crippen LogP contribution in [-0.4, -0.2) is 11.6 Å². The largest absolute Gasteiger partial charge is 0.371 e. The van der Waals surface area contributed by atoms with Crippen molar-refractivity contribution in [2.75, 3.05) is 6.61 Å².